The van der Waals surface area contributed by atoms with Crippen LogP contribution in [0.5, 0.6) is 11.5 Å². The zero-order valence-corrected chi connectivity index (χ0v) is 13.4. The first-order chi connectivity index (χ1) is 10.5. The van der Waals surface area contributed by atoms with Crippen LogP contribution >= 0.6 is 0 Å². The average molecular weight is 305 g/mol. The number of amides is 1. The second-order valence-electron chi connectivity index (χ2n) is 6.63. The third-order valence-corrected chi connectivity index (χ3v) is 4.26. The Balaban J connectivity index is 1.62. The lowest BCUT2D eigenvalue weighted by Crippen LogP contribution is -2.57. The van der Waals surface area contributed by atoms with Gasteiger partial charge in [0, 0.05) is 13.0 Å². The number of aryl methyl sites for hydroxylation is 1. The molecule has 0 radical (unpaired) electrons. The zero-order valence-electron chi connectivity index (χ0n) is 13.4. The molecule has 0 N–H and O–H groups in total. The van der Waals surface area contributed by atoms with Crippen molar-refractivity contribution < 1.29 is 19.0 Å². The highest BCUT2D eigenvalue weighted by atomic mass is 16.7. The van der Waals surface area contributed by atoms with Crippen LogP contribution in [0.4, 0.5) is 0 Å². The van der Waals surface area contributed by atoms with E-state index in [4.69, 9.17) is 14.2 Å². The minimum atomic E-state index is -0.238. The third kappa shape index (κ3) is 3.04. The van der Waals surface area contributed by atoms with Crippen molar-refractivity contribution in [2.24, 2.45) is 0 Å². The van der Waals surface area contributed by atoms with Gasteiger partial charge in [0.05, 0.1) is 18.2 Å². The average Bonchev–Trinajstić information content (AvgIpc) is 2.95. The summed E-state index contributed by atoms with van der Waals surface area (Å²) in [6.07, 6.45) is 1.30. The summed E-state index contributed by atoms with van der Waals surface area (Å²) in [5, 5.41) is 0. The maximum Gasteiger partial charge on any atom is 0.231 e. The van der Waals surface area contributed by atoms with E-state index in [1.165, 1.54) is 0 Å². The molecule has 2 aliphatic heterocycles. The van der Waals surface area contributed by atoms with Gasteiger partial charge in [-0.1, -0.05) is 6.07 Å². The minimum Gasteiger partial charge on any atom is -0.454 e. The molecule has 5 nitrogen and oxygen atoms in total. The van der Waals surface area contributed by atoms with Crippen LogP contribution in [-0.2, 0) is 16.0 Å². The monoisotopic (exact) mass is 305 g/mol. The van der Waals surface area contributed by atoms with Gasteiger partial charge in [-0.25, -0.2) is 0 Å². The summed E-state index contributed by atoms with van der Waals surface area (Å²) < 4.78 is 16.3. The first kappa shape index (κ1) is 15.2. The number of hydrogen-bond donors (Lipinski definition) is 0. The number of carbonyl (C=O) groups excluding carboxylic acids is 1. The number of benzene rings is 1. The van der Waals surface area contributed by atoms with E-state index < -0.39 is 0 Å². The van der Waals surface area contributed by atoms with Crippen molar-refractivity contribution in [3.05, 3.63) is 23.8 Å². The summed E-state index contributed by atoms with van der Waals surface area (Å²) >= 11 is 0. The van der Waals surface area contributed by atoms with Crippen molar-refractivity contribution in [2.75, 3.05) is 19.9 Å². The highest BCUT2D eigenvalue weighted by Gasteiger charge is 2.36. The van der Waals surface area contributed by atoms with Gasteiger partial charge < -0.3 is 19.1 Å². The zero-order chi connectivity index (χ0) is 15.7. The van der Waals surface area contributed by atoms with Gasteiger partial charge in [-0.05, 0) is 44.9 Å². The number of morpholine rings is 1. The Morgan fingerprint density at radius 2 is 2.09 bits per heavy atom. The minimum absolute atomic E-state index is 0.0996. The number of nitrogens with zero attached hydrogens (tertiary/aromatic N) is 1. The lowest BCUT2D eigenvalue weighted by molar-refractivity contribution is -0.152. The molecule has 0 aliphatic carbocycles. The van der Waals surface area contributed by atoms with E-state index in [1.807, 2.05) is 30.0 Å². The quantitative estimate of drug-likeness (QED) is 0.860. The molecule has 1 aromatic rings. The first-order valence-corrected chi connectivity index (χ1v) is 7.76. The van der Waals surface area contributed by atoms with Gasteiger partial charge in [-0.2, -0.15) is 0 Å². The van der Waals surface area contributed by atoms with Crippen molar-refractivity contribution in [3.8, 4) is 11.5 Å². The summed E-state index contributed by atoms with van der Waals surface area (Å²) in [6.45, 7) is 7.64. The standard InChI is InChI=1S/C17H23NO4/c1-12-9-18(17(2,3)10-20-12)16(19)7-5-13-4-6-14-15(8-13)22-11-21-14/h4,6,8,12H,5,7,9-11H2,1-3H3. The first-order valence-electron chi connectivity index (χ1n) is 7.76. The van der Waals surface area contributed by atoms with Gasteiger partial charge in [-0.15, -0.1) is 0 Å². The highest BCUT2D eigenvalue weighted by molar-refractivity contribution is 5.77. The van der Waals surface area contributed by atoms with E-state index in [0.717, 1.165) is 17.1 Å². The highest BCUT2D eigenvalue weighted by Crippen LogP contribution is 2.33. The number of rotatable bonds is 3. The van der Waals surface area contributed by atoms with E-state index in [0.29, 0.717) is 26.0 Å². The lowest BCUT2D eigenvalue weighted by Gasteiger charge is -2.44. The molecule has 0 spiro atoms. The molecule has 0 aromatic heterocycles. The van der Waals surface area contributed by atoms with Crippen LogP contribution in [-0.4, -0.2) is 42.4 Å². The Bertz CT molecular complexity index is 570. The number of fused-ring (bicyclic) bond motifs is 1. The second-order valence-corrected chi connectivity index (χ2v) is 6.63. The molecule has 0 saturated carbocycles. The molecule has 1 unspecified atom stereocenters. The molecule has 1 atom stereocenters. The Labute approximate surface area is 131 Å². The van der Waals surface area contributed by atoms with E-state index in [1.54, 1.807) is 0 Å². The molecule has 3 rings (SSSR count). The fourth-order valence-electron chi connectivity index (χ4n) is 2.90. The van der Waals surface area contributed by atoms with E-state index >= 15 is 0 Å². The fraction of sp³-hybridized carbons (Fsp3) is 0.588. The second kappa shape index (κ2) is 5.80. The third-order valence-electron chi connectivity index (χ3n) is 4.26. The lowest BCUT2D eigenvalue weighted by atomic mass is 9.99. The molecule has 1 saturated heterocycles. The van der Waals surface area contributed by atoms with Crippen LogP contribution in [0.15, 0.2) is 18.2 Å². The number of ether oxygens (including phenoxy) is 3. The molecule has 1 aromatic carbocycles. The maximum atomic E-state index is 12.6. The summed E-state index contributed by atoms with van der Waals surface area (Å²) in [4.78, 5) is 14.5. The summed E-state index contributed by atoms with van der Waals surface area (Å²) in [5.41, 5.74) is 0.857. The molecular formula is C17H23NO4. The normalized spacial score (nSPS) is 22.7. The molecule has 1 amide bonds. The predicted octanol–water partition coefficient (Wildman–Crippen LogP) is 2.37. The van der Waals surface area contributed by atoms with Gasteiger partial charge in [0.2, 0.25) is 12.7 Å². The molecular weight excluding hydrogens is 282 g/mol. The summed E-state index contributed by atoms with van der Waals surface area (Å²) in [5.74, 6) is 1.72. The van der Waals surface area contributed by atoms with Crippen molar-refractivity contribution in [3.63, 3.8) is 0 Å². The molecule has 22 heavy (non-hydrogen) atoms. The molecule has 1 fully saturated rings. The van der Waals surface area contributed by atoms with Crippen molar-refractivity contribution >= 4 is 5.91 Å². The van der Waals surface area contributed by atoms with Gasteiger partial charge in [-0.3, -0.25) is 4.79 Å². The van der Waals surface area contributed by atoms with Crippen LogP contribution in [0, 0.1) is 0 Å². The Hall–Kier alpha value is -1.75. The summed E-state index contributed by atoms with van der Waals surface area (Å²) in [6, 6.07) is 5.86. The van der Waals surface area contributed by atoms with Crippen molar-refractivity contribution in [1.82, 2.24) is 4.90 Å². The molecule has 5 heteroatoms. The Morgan fingerprint density at radius 1 is 1.32 bits per heavy atom. The topological polar surface area (TPSA) is 48.0 Å². The smallest absolute Gasteiger partial charge is 0.231 e. The SMILES string of the molecule is CC1CN(C(=O)CCc2ccc3c(c2)OCO3)C(C)(C)CO1. The predicted molar refractivity (Wildman–Crippen MR) is 82.1 cm³/mol. The fourth-order valence-corrected chi connectivity index (χ4v) is 2.90. The van der Waals surface area contributed by atoms with Gasteiger partial charge >= 0.3 is 0 Å². The van der Waals surface area contributed by atoms with Crippen LogP contribution in [0.25, 0.3) is 0 Å². The van der Waals surface area contributed by atoms with Crippen LogP contribution < -0.4 is 9.47 Å². The Kier molecular flexibility index (Phi) is 4.00. The van der Waals surface area contributed by atoms with Gasteiger partial charge in [0.1, 0.15) is 0 Å². The van der Waals surface area contributed by atoms with Gasteiger partial charge in [0.25, 0.3) is 0 Å². The summed E-state index contributed by atoms with van der Waals surface area (Å²) in [7, 11) is 0. The number of carbonyl (C=O) groups is 1. The molecule has 120 valence electrons. The van der Waals surface area contributed by atoms with E-state index in [9.17, 15) is 4.79 Å². The molecule has 0 bridgehead atoms. The maximum absolute atomic E-state index is 12.6. The van der Waals surface area contributed by atoms with Crippen molar-refractivity contribution in [2.45, 2.75) is 45.3 Å². The Morgan fingerprint density at radius 3 is 2.91 bits per heavy atom. The van der Waals surface area contributed by atoms with Crippen LogP contribution in [0.3, 0.4) is 0 Å². The van der Waals surface area contributed by atoms with Crippen LogP contribution in [0.1, 0.15) is 32.8 Å². The van der Waals surface area contributed by atoms with Crippen molar-refractivity contribution in [1.29, 1.82) is 0 Å². The molecule has 2 heterocycles. The largest absolute Gasteiger partial charge is 0.454 e. The van der Waals surface area contributed by atoms with Gasteiger partial charge in [0.15, 0.2) is 11.5 Å². The van der Waals surface area contributed by atoms with E-state index in [2.05, 4.69) is 13.8 Å². The van der Waals surface area contributed by atoms with Crippen LogP contribution in [0.2, 0.25) is 0 Å². The number of hydrogen-bond acceptors (Lipinski definition) is 4. The van der Waals surface area contributed by atoms with E-state index in [-0.39, 0.29) is 24.3 Å². The molecule has 2 aliphatic rings.